The van der Waals surface area contributed by atoms with Gasteiger partial charge >= 0.3 is 0 Å². The second-order valence-electron chi connectivity index (χ2n) is 3.34. The minimum absolute atomic E-state index is 0.498. The molecule has 1 unspecified atom stereocenters. The molecule has 0 amide bonds. The van der Waals surface area contributed by atoms with Gasteiger partial charge in [0.15, 0.2) is 0 Å². The highest BCUT2D eigenvalue weighted by atomic mass is 16.5. The van der Waals surface area contributed by atoms with E-state index < -0.39 is 0 Å². The molecule has 3 heteroatoms. The van der Waals surface area contributed by atoms with Gasteiger partial charge in [-0.3, -0.25) is 0 Å². The lowest BCUT2D eigenvalue weighted by Gasteiger charge is -2.15. The summed E-state index contributed by atoms with van der Waals surface area (Å²) in [6.45, 7) is 4.30. The van der Waals surface area contributed by atoms with Crippen LogP contribution in [0.2, 0.25) is 0 Å². The molecule has 0 rings (SSSR count). The third-order valence-electron chi connectivity index (χ3n) is 2.15. The van der Waals surface area contributed by atoms with Crippen molar-refractivity contribution in [2.75, 3.05) is 26.8 Å². The molecule has 0 aromatic carbocycles. The molecule has 1 atom stereocenters. The maximum atomic E-state index is 5.38. The van der Waals surface area contributed by atoms with Crippen LogP contribution in [0.15, 0.2) is 0 Å². The number of nitrogens with two attached hydrogens (primary N) is 1. The molecule has 0 saturated carbocycles. The molecule has 0 radical (unpaired) electrons. The van der Waals surface area contributed by atoms with Crippen LogP contribution in [-0.4, -0.2) is 32.8 Å². The summed E-state index contributed by atoms with van der Waals surface area (Å²) in [6, 6.07) is 0.498. The van der Waals surface area contributed by atoms with Crippen LogP contribution < -0.4 is 11.1 Å². The molecular formula is C10H24N2O. The van der Waals surface area contributed by atoms with E-state index in [9.17, 15) is 0 Å². The van der Waals surface area contributed by atoms with Gasteiger partial charge in [-0.05, 0) is 13.5 Å². The van der Waals surface area contributed by atoms with Gasteiger partial charge in [0.25, 0.3) is 0 Å². The lowest BCUT2D eigenvalue weighted by Crippen LogP contribution is -2.31. The smallest absolute Gasteiger partial charge is 0.0620 e. The minimum Gasteiger partial charge on any atom is -0.379 e. The van der Waals surface area contributed by atoms with Crippen LogP contribution in [-0.2, 0) is 4.74 Å². The van der Waals surface area contributed by atoms with Crippen LogP contribution >= 0.6 is 0 Å². The molecule has 0 saturated heterocycles. The van der Waals surface area contributed by atoms with Crippen molar-refractivity contribution in [2.45, 2.75) is 38.6 Å². The predicted octanol–water partition coefficient (Wildman–Crippen LogP) is 1.13. The first-order valence-corrected chi connectivity index (χ1v) is 5.30. The Kier molecular flexibility index (Phi) is 9.87. The molecule has 0 heterocycles. The van der Waals surface area contributed by atoms with Gasteiger partial charge in [-0.2, -0.15) is 0 Å². The largest absolute Gasteiger partial charge is 0.379 e. The van der Waals surface area contributed by atoms with Gasteiger partial charge in [0.05, 0.1) is 13.2 Å². The fourth-order valence-electron chi connectivity index (χ4n) is 1.26. The van der Waals surface area contributed by atoms with Crippen molar-refractivity contribution in [2.24, 2.45) is 5.73 Å². The van der Waals surface area contributed by atoms with Crippen LogP contribution in [0.5, 0.6) is 0 Å². The van der Waals surface area contributed by atoms with E-state index in [-0.39, 0.29) is 0 Å². The molecule has 0 aliphatic heterocycles. The van der Waals surface area contributed by atoms with E-state index in [1.807, 2.05) is 7.05 Å². The molecule has 0 aliphatic rings. The third-order valence-corrected chi connectivity index (χ3v) is 2.15. The fourth-order valence-corrected chi connectivity index (χ4v) is 1.26. The first-order valence-electron chi connectivity index (χ1n) is 5.30. The van der Waals surface area contributed by atoms with E-state index in [2.05, 4.69) is 12.2 Å². The Bertz CT molecular complexity index is 88.9. The molecule has 3 nitrogen and oxygen atoms in total. The number of nitrogens with one attached hydrogen (secondary N) is 1. The summed E-state index contributed by atoms with van der Waals surface area (Å²) in [5, 5.41) is 3.25. The van der Waals surface area contributed by atoms with Crippen LogP contribution in [0.3, 0.4) is 0 Å². The Morgan fingerprint density at radius 2 is 2.15 bits per heavy atom. The zero-order valence-electron chi connectivity index (χ0n) is 9.01. The molecule has 3 N–H and O–H groups in total. The molecule has 0 spiro atoms. The number of hydrogen-bond donors (Lipinski definition) is 2. The van der Waals surface area contributed by atoms with Gasteiger partial charge < -0.3 is 15.8 Å². The summed E-state index contributed by atoms with van der Waals surface area (Å²) in [7, 11) is 1.99. The quantitative estimate of drug-likeness (QED) is 0.533. The molecule has 80 valence electrons. The summed E-state index contributed by atoms with van der Waals surface area (Å²) in [5.74, 6) is 0. The standard InChI is InChI=1S/C10H24N2O/c1-3-4-5-6-10(12-2)9-13-8-7-11/h10,12H,3-9,11H2,1-2H3. The summed E-state index contributed by atoms with van der Waals surface area (Å²) < 4.78 is 5.38. The molecular weight excluding hydrogens is 164 g/mol. The van der Waals surface area contributed by atoms with E-state index >= 15 is 0 Å². The lowest BCUT2D eigenvalue weighted by molar-refractivity contribution is 0.116. The highest BCUT2D eigenvalue weighted by Crippen LogP contribution is 2.03. The molecule has 0 fully saturated rings. The highest BCUT2D eigenvalue weighted by molar-refractivity contribution is 4.63. The average Bonchev–Trinajstić information content (AvgIpc) is 2.16. The molecule has 0 aromatic rings. The van der Waals surface area contributed by atoms with Gasteiger partial charge in [0, 0.05) is 12.6 Å². The zero-order valence-corrected chi connectivity index (χ0v) is 9.01. The van der Waals surface area contributed by atoms with Crippen molar-refractivity contribution in [1.29, 1.82) is 0 Å². The Morgan fingerprint density at radius 1 is 1.38 bits per heavy atom. The molecule has 13 heavy (non-hydrogen) atoms. The minimum atomic E-state index is 0.498. The maximum Gasteiger partial charge on any atom is 0.0620 e. The van der Waals surface area contributed by atoms with Crippen molar-refractivity contribution in [3.63, 3.8) is 0 Å². The molecule has 0 aliphatic carbocycles. The Balaban J connectivity index is 3.28. The second-order valence-corrected chi connectivity index (χ2v) is 3.34. The van der Waals surface area contributed by atoms with Gasteiger partial charge in [-0.1, -0.05) is 26.2 Å². The van der Waals surface area contributed by atoms with Crippen molar-refractivity contribution in [3.05, 3.63) is 0 Å². The summed E-state index contributed by atoms with van der Waals surface area (Å²) in [6.07, 6.45) is 5.08. The van der Waals surface area contributed by atoms with E-state index in [0.29, 0.717) is 19.2 Å². The zero-order chi connectivity index (χ0) is 9.94. The summed E-state index contributed by atoms with van der Waals surface area (Å²) in [5.41, 5.74) is 5.33. The predicted molar refractivity (Wildman–Crippen MR) is 56.9 cm³/mol. The summed E-state index contributed by atoms with van der Waals surface area (Å²) >= 11 is 0. The van der Waals surface area contributed by atoms with Gasteiger partial charge in [0.2, 0.25) is 0 Å². The van der Waals surface area contributed by atoms with Gasteiger partial charge in [-0.15, -0.1) is 0 Å². The summed E-state index contributed by atoms with van der Waals surface area (Å²) in [4.78, 5) is 0. The van der Waals surface area contributed by atoms with E-state index in [0.717, 1.165) is 6.61 Å². The van der Waals surface area contributed by atoms with E-state index in [4.69, 9.17) is 10.5 Å². The second kappa shape index (κ2) is 9.96. The van der Waals surface area contributed by atoms with Crippen molar-refractivity contribution in [3.8, 4) is 0 Å². The number of hydrogen-bond acceptors (Lipinski definition) is 3. The lowest BCUT2D eigenvalue weighted by atomic mass is 10.1. The first kappa shape index (κ1) is 12.9. The third kappa shape index (κ3) is 8.22. The SMILES string of the molecule is CCCCCC(COCCN)NC. The molecule has 0 aromatic heterocycles. The van der Waals surface area contributed by atoms with Crippen LogP contribution in [0, 0.1) is 0 Å². The topological polar surface area (TPSA) is 47.3 Å². The van der Waals surface area contributed by atoms with Crippen LogP contribution in [0.25, 0.3) is 0 Å². The Labute approximate surface area is 82.0 Å². The Morgan fingerprint density at radius 3 is 2.69 bits per heavy atom. The monoisotopic (exact) mass is 188 g/mol. The average molecular weight is 188 g/mol. The van der Waals surface area contributed by atoms with E-state index in [1.54, 1.807) is 0 Å². The van der Waals surface area contributed by atoms with Crippen molar-refractivity contribution in [1.82, 2.24) is 5.32 Å². The Hall–Kier alpha value is -0.120. The van der Waals surface area contributed by atoms with Crippen molar-refractivity contribution < 1.29 is 4.74 Å². The van der Waals surface area contributed by atoms with Crippen LogP contribution in [0.4, 0.5) is 0 Å². The number of likely N-dealkylation sites (N-methyl/N-ethyl adjacent to an activating group) is 1. The highest BCUT2D eigenvalue weighted by Gasteiger charge is 2.04. The normalized spacial score (nSPS) is 13.2. The van der Waals surface area contributed by atoms with Gasteiger partial charge in [-0.25, -0.2) is 0 Å². The van der Waals surface area contributed by atoms with Crippen LogP contribution in [0.1, 0.15) is 32.6 Å². The molecule has 0 bridgehead atoms. The fraction of sp³-hybridized carbons (Fsp3) is 1.00. The number of rotatable bonds is 9. The van der Waals surface area contributed by atoms with E-state index in [1.165, 1.54) is 25.7 Å². The number of unbranched alkanes of at least 4 members (excludes halogenated alkanes) is 2. The maximum absolute atomic E-state index is 5.38. The van der Waals surface area contributed by atoms with Crippen molar-refractivity contribution >= 4 is 0 Å². The first-order chi connectivity index (χ1) is 6.35. The van der Waals surface area contributed by atoms with Gasteiger partial charge in [0.1, 0.15) is 0 Å². The number of ether oxygens (including phenoxy) is 1.